The molecule has 3 N–H and O–H groups in total. The monoisotopic (exact) mass is 349 g/mol. The summed E-state index contributed by atoms with van der Waals surface area (Å²) in [7, 11) is 0. The second-order valence-electron chi connectivity index (χ2n) is 5.48. The predicted octanol–water partition coefficient (Wildman–Crippen LogP) is 1.09. The van der Waals surface area contributed by atoms with E-state index in [0.29, 0.717) is 12.1 Å². The molecular weight excluding hydrogens is 326 g/mol. The predicted molar refractivity (Wildman–Crippen MR) is 92.2 cm³/mol. The summed E-state index contributed by atoms with van der Waals surface area (Å²) in [5.74, 6) is -2.09. The van der Waals surface area contributed by atoms with Crippen molar-refractivity contribution in [3.63, 3.8) is 0 Å². The SMILES string of the molecule is CCC(=O)Nc1cccc(C(=O)N(CCNC(C)=O)C(C)C(=O)O)c1. The maximum Gasteiger partial charge on any atom is 0.326 e. The van der Waals surface area contributed by atoms with E-state index >= 15 is 0 Å². The molecule has 1 aromatic rings. The first-order chi connectivity index (χ1) is 11.8. The van der Waals surface area contributed by atoms with Crippen LogP contribution in [-0.2, 0) is 14.4 Å². The Bertz CT molecular complexity index is 659. The minimum absolute atomic E-state index is 0.0530. The third kappa shape index (κ3) is 6.25. The molecule has 0 aliphatic rings. The summed E-state index contributed by atoms with van der Waals surface area (Å²) in [5, 5.41) is 14.4. The highest BCUT2D eigenvalue weighted by atomic mass is 16.4. The van der Waals surface area contributed by atoms with E-state index in [4.69, 9.17) is 0 Å². The molecule has 0 heterocycles. The largest absolute Gasteiger partial charge is 0.480 e. The van der Waals surface area contributed by atoms with Gasteiger partial charge in [-0.1, -0.05) is 13.0 Å². The molecule has 1 unspecified atom stereocenters. The number of carbonyl (C=O) groups excluding carboxylic acids is 3. The quantitative estimate of drug-likeness (QED) is 0.650. The van der Waals surface area contributed by atoms with Gasteiger partial charge < -0.3 is 20.6 Å². The molecular formula is C17H23N3O5. The lowest BCUT2D eigenvalue weighted by Crippen LogP contribution is -2.46. The fraction of sp³-hybridized carbons (Fsp3) is 0.412. The second-order valence-corrected chi connectivity index (χ2v) is 5.48. The maximum absolute atomic E-state index is 12.7. The van der Waals surface area contributed by atoms with Crippen LogP contribution in [0.3, 0.4) is 0 Å². The van der Waals surface area contributed by atoms with E-state index in [2.05, 4.69) is 10.6 Å². The molecule has 3 amide bonds. The van der Waals surface area contributed by atoms with E-state index in [-0.39, 0.29) is 30.5 Å². The van der Waals surface area contributed by atoms with Crippen molar-refractivity contribution in [3.05, 3.63) is 29.8 Å². The number of carbonyl (C=O) groups is 4. The number of hydrogen-bond acceptors (Lipinski definition) is 4. The van der Waals surface area contributed by atoms with Gasteiger partial charge in [-0.25, -0.2) is 4.79 Å². The Morgan fingerprint density at radius 3 is 2.48 bits per heavy atom. The first kappa shape index (κ1) is 20.1. The van der Waals surface area contributed by atoms with Crippen LogP contribution in [0.25, 0.3) is 0 Å². The zero-order chi connectivity index (χ0) is 19.0. The number of nitrogens with zero attached hydrogens (tertiary/aromatic N) is 1. The Labute approximate surface area is 146 Å². The lowest BCUT2D eigenvalue weighted by atomic mass is 10.1. The fourth-order valence-corrected chi connectivity index (χ4v) is 2.10. The molecule has 0 aromatic heterocycles. The smallest absolute Gasteiger partial charge is 0.326 e. The van der Waals surface area contributed by atoms with Gasteiger partial charge in [-0.05, 0) is 25.1 Å². The summed E-state index contributed by atoms with van der Waals surface area (Å²) in [6, 6.07) is 5.23. The molecule has 0 aliphatic carbocycles. The van der Waals surface area contributed by atoms with Crippen molar-refractivity contribution in [3.8, 4) is 0 Å². The van der Waals surface area contributed by atoms with Crippen molar-refractivity contribution in [2.24, 2.45) is 0 Å². The number of hydrogen-bond donors (Lipinski definition) is 3. The van der Waals surface area contributed by atoms with Gasteiger partial charge in [0.2, 0.25) is 11.8 Å². The molecule has 1 rings (SSSR count). The van der Waals surface area contributed by atoms with Crippen LogP contribution in [-0.4, -0.2) is 52.8 Å². The summed E-state index contributed by atoms with van der Waals surface area (Å²) in [4.78, 5) is 47.6. The number of nitrogens with one attached hydrogen (secondary N) is 2. The lowest BCUT2D eigenvalue weighted by Gasteiger charge is -2.27. The summed E-state index contributed by atoms with van der Waals surface area (Å²) >= 11 is 0. The molecule has 0 bridgehead atoms. The highest BCUT2D eigenvalue weighted by Gasteiger charge is 2.26. The molecule has 8 nitrogen and oxygen atoms in total. The second kappa shape index (κ2) is 9.41. The Hall–Kier alpha value is -2.90. The lowest BCUT2D eigenvalue weighted by molar-refractivity contribution is -0.141. The topological polar surface area (TPSA) is 116 Å². The summed E-state index contributed by atoms with van der Waals surface area (Å²) in [6.07, 6.45) is 0.303. The van der Waals surface area contributed by atoms with E-state index < -0.39 is 17.9 Å². The van der Waals surface area contributed by atoms with Gasteiger partial charge in [0.25, 0.3) is 5.91 Å². The molecule has 0 spiro atoms. The van der Waals surface area contributed by atoms with Gasteiger partial charge in [-0.2, -0.15) is 0 Å². The van der Waals surface area contributed by atoms with Crippen molar-refractivity contribution in [2.75, 3.05) is 18.4 Å². The number of rotatable bonds is 8. The van der Waals surface area contributed by atoms with Crippen LogP contribution in [0.1, 0.15) is 37.6 Å². The van der Waals surface area contributed by atoms with Gasteiger partial charge in [-0.15, -0.1) is 0 Å². The molecule has 25 heavy (non-hydrogen) atoms. The van der Waals surface area contributed by atoms with Gasteiger partial charge in [0.15, 0.2) is 0 Å². The molecule has 0 saturated carbocycles. The normalized spacial score (nSPS) is 11.3. The van der Waals surface area contributed by atoms with Crippen LogP contribution in [0.4, 0.5) is 5.69 Å². The number of carboxylic acids is 1. The number of carboxylic acid groups (broad SMARTS) is 1. The molecule has 0 saturated heterocycles. The first-order valence-electron chi connectivity index (χ1n) is 7.94. The minimum Gasteiger partial charge on any atom is -0.480 e. The van der Waals surface area contributed by atoms with Crippen LogP contribution >= 0.6 is 0 Å². The third-order valence-corrected chi connectivity index (χ3v) is 3.53. The van der Waals surface area contributed by atoms with Gasteiger partial charge in [0, 0.05) is 37.7 Å². The van der Waals surface area contributed by atoms with Crippen LogP contribution in [0, 0.1) is 0 Å². The van der Waals surface area contributed by atoms with Crippen LogP contribution in [0.15, 0.2) is 24.3 Å². The molecule has 1 aromatic carbocycles. The summed E-state index contributed by atoms with van der Waals surface area (Å²) in [5.41, 5.74) is 0.715. The highest BCUT2D eigenvalue weighted by molar-refractivity contribution is 5.98. The van der Waals surface area contributed by atoms with E-state index in [1.54, 1.807) is 25.1 Å². The van der Waals surface area contributed by atoms with Crippen LogP contribution in [0.2, 0.25) is 0 Å². The molecule has 0 radical (unpaired) electrons. The molecule has 136 valence electrons. The van der Waals surface area contributed by atoms with Crippen molar-refractivity contribution in [1.82, 2.24) is 10.2 Å². The highest BCUT2D eigenvalue weighted by Crippen LogP contribution is 2.15. The zero-order valence-electron chi connectivity index (χ0n) is 14.5. The molecule has 0 aliphatic heterocycles. The van der Waals surface area contributed by atoms with Crippen molar-refractivity contribution in [1.29, 1.82) is 0 Å². The van der Waals surface area contributed by atoms with Gasteiger partial charge in [0.05, 0.1) is 0 Å². The average Bonchev–Trinajstić information content (AvgIpc) is 2.57. The third-order valence-electron chi connectivity index (χ3n) is 3.53. The average molecular weight is 349 g/mol. The Morgan fingerprint density at radius 2 is 1.92 bits per heavy atom. The fourth-order valence-electron chi connectivity index (χ4n) is 2.10. The number of benzene rings is 1. The van der Waals surface area contributed by atoms with E-state index in [1.165, 1.54) is 24.8 Å². The molecule has 0 fully saturated rings. The Morgan fingerprint density at radius 1 is 1.24 bits per heavy atom. The van der Waals surface area contributed by atoms with E-state index in [0.717, 1.165) is 0 Å². The van der Waals surface area contributed by atoms with Gasteiger partial charge in [0.1, 0.15) is 6.04 Å². The summed E-state index contributed by atoms with van der Waals surface area (Å²) in [6.45, 7) is 4.65. The van der Waals surface area contributed by atoms with Crippen LogP contribution in [0.5, 0.6) is 0 Å². The van der Waals surface area contributed by atoms with E-state index in [1.807, 2.05) is 0 Å². The number of anilines is 1. The number of aliphatic carboxylic acids is 1. The maximum atomic E-state index is 12.7. The van der Waals surface area contributed by atoms with Gasteiger partial charge in [-0.3, -0.25) is 14.4 Å². The minimum atomic E-state index is -1.15. The summed E-state index contributed by atoms with van der Waals surface area (Å²) < 4.78 is 0. The van der Waals surface area contributed by atoms with Crippen molar-refractivity contribution in [2.45, 2.75) is 33.2 Å². The Balaban J connectivity index is 2.99. The number of amides is 3. The van der Waals surface area contributed by atoms with Crippen molar-refractivity contribution >= 4 is 29.4 Å². The molecule has 8 heteroatoms. The van der Waals surface area contributed by atoms with E-state index in [9.17, 15) is 24.3 Å². The van der Waals surface area contributed by atoms with Gasteiger partial charge >= 0.3 is 5.97 Å². The van der Waals surface area contributed by atoms with Crippen molar-refractivity contribution < 1.29 is 24.3 Å². The van der Waals surface area contributed by atoms with Crippen LogP contribution < -0.4 is 10.6 Å². The zero-order valence-corrected chi connectivity index (χ0v) is 14.5. The molecule has 1 atom stereocenters. The standard InChI is InChI=1S/C17H23N3O5/c1-4-15(22)19-14-7-5-6-13(10-14)16(23)20(11(2)17(24)25)9-8-18-12(3)21/h5-7,10-11H,4,8-9H2,1-3H3,(H,18,21)(H,19,22)(H,24,25). The first-order valence-corrected chi connectivity index (χ1v) is 7.94. The Kier molecular flexibility index (Phi) is 7.58.